The van der Waals surface area contributed by atoms with Gasteiger partial charge in [0.1, 0.15) is 10.8 Å². The molecule has 8 heteroatoms. The van der Waals surface area contributed by atoms with Gasteiger partial charge in [-0.1, -0.05) is 72.8 Å². The molecule has 0 aromatic heterocycles. The average Bonchev–Trinajstić information content (AvgIpc) is 2.98. The standard InChI is InChI=1S/C33H22O8/c34-27-9-13-32(14-10-27,30(38)39)25-5-1-20(2-6-25)22-17-23(19-24(18-22)29(36)37)21-3-7-26(8-4-21)33(31(40)41)15-11-28(35)12-16-33/h1-19H,(H,36,37)(H,38,39)(H,40,41). The highest BCUT2D eigenvalue weighted by atomic mass is 16.4. The lowest BCUT2D eigenvalue weighted by Crippen LogP contribution is -2.33. The molecule has 41 heavy (non-hydrogen) atoms. The van der Waals surface area contributed by atoms with E-state index < -0.39 is 28.7 Å². The van der Waals surface area contributed by atoms with Gasteiger partial charge in [-0.2, -0.15) is 0 Å². The second kappa shape index (κ2) is 10.2. The van der Waals surface area contributed by atoms with Gasteiger partial charge in [0.15, 0.2) is 11.6 Å². The number of allylic oxidation sites excluding steroid dienone is 4. The van der Waals surface area contributed by atoms with E-state index in [4.69, 9.17) is 0 Å². The number of rotatable bonds is 7. The zero-order valence-electron chi connectivity index (χ0n) is 21.4. The summed E-state index contributed by atoms with van der Waals surface area (Å²) in [5, 5.41) is 29.6. The second-order valence-corrected chi connectivity index (χ2v) is 9.75. The van der Waals surface area contributed by atoms with E-state index >= 15 is 0 Å². The highest BCUT2D eigenvalue weighted by Crippen LogP contribution is 2.35. The molecule has 0 saturated carbocycles. The van der Waals surface area contributed by atoms with E-state index in [1.165, 1.54) is 60.7 Å². The summed E-state index contributed by atoms with van der Waals surface area (Å²) in [6, 6.07) is 18.0. The minimum absolute atomic E-state index is 0.0305. The highest BCUT2D eigenvalue weighted by molar-refractivity contribution is 6.05. The molecule has 5 rings (SSSR count). The van der Waals surface area contributed by atoms with E-state index in [1.54, 1.807) is 54.6 Å². The topological polar surface area (TPSA) is 146 Å². The van der Waals surface area contributed by atoms with Crippen LogP contribution in [0.4, 0.5) is 0 Å². The highest BCUT2D eigenvalue weighted by Gasteiger charge is 2.38. The maximum absolute atomic E-state index is 12.1. The summed E-state index contributed by atoms with van der Waals surface area (Å²) in [5.41, 5.74) is 0.327. The van der Waals surface area contributed by atoms with E-state index in [-0.39, 0.29) is 17.1 Å². The smallest absolute Gasteiger partial charge is 0.335 e. The number of carbonyl (C=O) groups is 5. The number of ketones is 2. The zero-order valence-corrected chi connectivity index (χ0v) is 21.4. The summed E-state index contributed by atoms with van der Waals surface area (Å²) in [4.78, 5) is 59.4. The van der Waals surface area contributed by atoms with E-state index in [0.717, 1.165) is 0 Å². The van der Waals surface area contributed by atoms with Crippen molar-refractivity contribution in [1.82, 2.24) is 0 Å². The molecule has 0 saturated heterocycles. The Morgan fingerprint density at radius 2 is 0.829 bits per heavy atom. The van der Waals surface area contributed by atoms with E-state index in [9.17, 15) is 39.3 Å². The fourth-order valence-electron chi connectivity index (χ4n) is 4.95. The number of hydrogen-bond acceptors (Lipinski definition) is 5. The molecule has 3 aromatic rings. The van der Waals surface area contributed by atoms with Crippen molar-refractivity contribution in [2.75, 3.05) is 0 Å². The molecule has 0 atom stereocenters. The molecule has 2 aliphatic rings. The van der Waals surface area contributed by atoms with Crippen molar-refractivity contribution in [3.63, 3.8) is 0 Å². The summed E-state index contributed by atoms with van der Waals surface area (Å²) >= 11 is 0. The van der Waals surface area contributed by atoms with Crippen LogP contribution in [0, 0.1) is 0 Å². The first-order valence-electron chi connectivity index (χ1n) is 12.5. The Labute approximate surface area is 233 Å². The fourth-order valence-corrected chi connectivity index (χ4v) is 4.95. The number of carboxylic acid groups (broad SMARTS) is 3. The summed E-state index contributed by atoms with van der Waals surface area (Å²) in [6.45, 7) is 0. The first kappa shape index (κ1) is 27.0. The molecule has 0 heterocycles. The first-order chi connectivity index (χ1) is 19.5. The third-order valence-electron chi connectivity index (χ3n) is 7.32. The number of hydrogen-bond donors (Lipinski definition) is 3. The Balaban J connectivity index is 1.52. The van der Waals surface area contributed by atoms with Crippen molar-refractivity contribution >= 4 is 29.5 Å². The predicted molar refractivity (Wildman–Crippen MR) is 149 cm³/mol. The van der Waals surface area contributed by atoms with E-state index in [1.807, 2.05) is 0 Å². The van der Waals surface area contributed by atoms with Crippen molar-refractivity contribution in [3.05, 3.63) is 132 Å². The van der Waals surface area contributed by atoms with Gasteiger partial charge in [-0.15, -0.1) is 0 Å². The molecule has 0 spiro atoms. The average molecular weight is 547 g/mol. The molecule has 0 unspecified atom stereocenters. The zero-order chi connectivity index (χ0) is 29.4. The summed E-state index contributed by atoms with van der Waals surface area (Å²) in [6.07, 6.45) is 10.2. The molecule has 3 aromatic carbocycles. The maximum Gasteiger partial charge on any atom is 0.335 e. The SMILES string of the molecule is O=C1C=CC(C(=O)O)(c2ccc(-c3cc(C(=O)O)cc(-c4ccc(C5(C(=O)O)C=CC(=O)C=C5)cc4)c3)cc2)C=C1. The first-order valence-corrected chi connectivity index (χ1v) is 12.5. The summed E-state index contributed by atoms with van der Waals surface area (Å²) in [7, 11) is 0. The molecule has 0 fully saturated rings. The fraction of sp³-hybridized carbons (Fsp3) is 0.0606. The third kappa shape index (κ3) is 4.83. The summed E-state index contributed by atoms with van der Waals surface area (Å²) in [5.74, 6) is -4.02. The van der Waals surface area contributed by atoms with Crippen LogP contribution in [0.2, 0.25) is 0 Å². The largest absolute Gasteiger partial charge is 0.480 e. The van der Waals surface area contributed by atoms with Gasteiger partial charge in [-0.05, 0) is 75.9 Å². The van der Waals surface area contributed by atoms with Gasteiger partial charge in [0.2, 0.25) is 0 Å². The van der Waals surface area contributed by atoms with Crippen LogP contribution in [0.15, 0.2) is 115 Å². The lowest BCUT2D eigenvalue weighted by Gasteiger charge is -2.25. The van der Waals surface area contributed by atoms with Crippen LogP contribution < -0.4 is 0 Å². The van der Waals surface area contributed by atoms with Crippen molar-refractivity contribution in [1.29, 1.82) is 0 Å². The number of aromatic carboxylic acids is 1. The van der Waals surface area contributed by atoms with E-state index in [2.05, 4.69) is 0 Å². The monoisotopic (exact) mass is 546 g/mol. The van der Waals surface area contributed by atoms with Crippen molar-refractivity contribution in [2.24, 2.45) is 0 Å². The Morgan fingerprint density at radius 3 is 1.12 bits per heavy atom. The number of carboxylic acids is 3. The molecular formula is C33H22O8. The van der Waals surface area contributed by atoms with Crippen molar-refractivity contribution in [2.45, 2.75) is 10.8 Å². The van der Waals surface area contributed by atoms with E-state index in [0.29, 0.717) is 33.4 Å². The van der Waals surface area contributed by atoms with Gasteiger partial charge in [0, 0.05) is 0 Å². The van der Waals surface area contributed by atoms with Crippen LogP contribution in [0.1, 0.15) is 21.5 Å². The molecule has 202 valence electrons. The number of benzene rings is 3. The van der Waals surface area contributed by atoms with Gasteiger partial charge in [0.25, 0.3) is 0 Å². The summed E-state index contributed by atoms with van der Waals surface area (Å²) < 4.78 is 0. The van der Waals surface area contributed by atoms with Crippen molar-refractivity contribution in [3.8, 4) is 22.3 Å². The molecule has 0 bridgehead atoms. The van der Waals surface area contributed by atoms with Gasteiger partial charge >= 0.3 is 17.9 Å². The quantitative estimate of drug-likeness (QED) is 0.385. The van der Waals surface area contributed by atoms with Crippen LogP contribution in [0.5, 0.6) is 0 Å². The molecule has 0 amide bonds. The van der Waals surface area contributed by atoms with Crippen LogP contribution in [0.25, 0.3) is 22.3 Å². The van der Waals surface area contributed by atoms with Gasteiger partial charge < -0.3 is 15.3 Å². The lowest BCUT2D eigenvalue weighted by atomic mass is 9.77. The molecule has 2 aliphatic carbocycles. The molecule has 8 nitrogen and oxygen atoms in total. The minimum Gasteiger partial charge on any atom is -0.480 e. The third-order valence-corrected chi connectivity index (χ3v) is 7.32. The molecule has 0 aliphatic heterocycles. The second-order valence-electron chi connectivity index (χ2n) is 9.75. The number of aliphatic carboxylic acids is 2. The van der Waals surface area contributed by atoms with Crippen LogP contribution in [0.3, 0.4) is 0 Å². The minimum atomic E-state index is -1.49. The predicted octanol–water partition coefficient (Wildman–Crippen LogP) is 4.75. The Hall–Kier alpha value is -5.63. The van der Waals surface area contributed by atoms with Crippen LogP contribution in [-0.2, 0) is 30.0 Å². The molecule has 3 N–H and O–H groups in total. The Morgan fingerprint density at radius 1 is 0.488 bits per heavy atom. The van der Waals surface area contributed by atoms with Crippen LogP contribution in [-0.4, -0.2) is 44.8 Å². The molecule has 0 radical (unpaired) electrons. The Bertz CT molecular complexity index is 1580. The van der Waals surface area contributed by atoms with Gasteiger partial charge in [-0.3, -0.25) is 19.2 Å². The normalized spacial score (nSPS) is 16.5. The molecular weight excluding hydrogens is 524 g/mol. The maximum atomic E-state index is 12.1. The van der Waals surface area contributed by atoms with Gasteiger partial charge in [0.05, 0.1) is 5.56 Å². The lowest BCUT2D eigenvalue weighted by molar-refractivity contribution is -0.141. The Kier molecular flexibility index (Phi) is 6.68. The van der Waals surface area contributed by atoms with Gasteiger partial charge in [-0.25, -0.2) is 4.79 Å². The van der Waals surface area contributed by atoms with Crippen LogP contribution >= 0.6 is 0 Å². The van der Waals surface area contributed by atoms with Crippen molar-refractivity contribution < 1.29 is 39.3 Å². The number of carbonyl (C=O) groups excluding carboxylic acids is 2.